The molecule has 3 heterocycles. The van der Waals surface area contributed by atoms with Gasteiger partial charge in [-0.05, 0) is 68.9 Å². The van der Waals surface area contributed by atoms with E-state index in [1.165, 1.54) is 6.20 Å². The average molecular weight is 1460 g/mol. The zero-order valence-electron chi connectivity index (χ0n) is 57.0. The van der Waals surface area contributed by atoms with Gasteiger partial charge < -0.3 is 92.1 Å². The van der Waals surface area contributed by atoms with Gasteiger partial charge >= 0.3 is 23.9 Å². The lowest BCUT2D eigenvalue weighted by Crippen LogP contribution is -2.57. The zero-order valence-corrected chi connectivity index (χ0v) is 57.8. The number of aliphatic hydroxyl groups excluding tert-OH is 4. The Morgan fingerprint density at radius 3 is 1.78 bits per heavy atom. The Morgan fingerprint density at radius 2 is 1.24 bits per heavy atom. The van der Waals surface area contributed by atoms with Crippen molar-refractivity contribution in [1.29, 1.82) is 0 Å². The number of carbonyl (C=O) groups is 9. The number of hydrogen-bond acceptors (Lipinski definition) is 25. The Bertz CT molecular complexity index is 3520. The van der Waals surface area contributed by atoms with Crippen LogP contribution in [0.4, 0.5) is 5.95 Å². The summed E-state index contributed by atoms with van der Waals surface area (Å²) in [4.78, 5) is 141. The van der Waals surface area contributed by atoms with E-state index in [2.05, 4.69) is 51.9 Å². The summed E-state index contributed by atoms with van der Waals surface area (Å²) in [5.41, 5.74) is 1.74. The van der Waals surface area contributed by atoms with Gasteiger partial charge in [-0.25, -0.2) is 13.4 Å². The molecule has 18 N–H and O–H groups in total. The number of aliphatic carboxylic acids is 4. The molecule has 102 heavy (non-hydrogen) atoms. The topological polar surface area (TPSA) is 539 Å². The van der Waals surface area contributed by atoms with E-state index >= 15 is 0 Å². The highest BCUT2D eigenvalue weighted by molar-refractivity contribution is 7.89. The number of carbonyl (C=O) groups excluding carboxylic acids is 5. The van der Waals surface area contributed by atoms with Gasteiger partial charge in [0.25, 0.3) is 5.91 Å². The number of benzene rings is 2. The predicted octanol–water partition coefficient (Wildman–Crippen LogP) is -3.74. The maximum Gasteiger partial charge on any atom is 0.323 e. The minimum atomic E-state index is -4.38. The number of β-amino-alcohol motifs (C(OH)–C–C–N with tert-alkyl or cyclic N) is 3. The minimum Gasteiger partial charge on any atom is -0.481 e. The van der Waals surface area contributed by atoms with Crippen LogP contribution in [0.15, 0.2) is 58.6 Å². The molecular weight excluding hydrogens is 1360 g/mol. The van der Waals surface area contributed by atoms with Crippen molar-refractivity contribution < 1.29 is 102 Å². The minimum absolute atomic E-state index is 0. The van der Waals surface area contributed by atoms with Crippen LogP contribution in [0.5, 0.6) is 0 Å². The van der Waals surface area contributed by atoms with Crippen LogP contribution >= 0.6 is 0 Å². The Labute approximate surface area is 590 Å². The van der Waals surface area contributed by atoms with Gasteiger partial charge in [0.15, 0.2) is 12.2 Å². The molecule has 1 saturated heterocycles. The number of anilines is 1. The van der Waals surface area contributed by atoms with Crippen molar-refractivity contribution in [2.45, 2.75) is 122 Å². The largest absolute Gasteiger partial charge is 0.481 e. The van der Waals surface area contributed by atoms with Gasteiger partial charge in [-0.15, -0.1) is 0 Å². The number of imidazole rings is 1. The fourth-order valence-electron chi connectivity index (χ4n) is 10.9. The number of aromatic nitrogens is 3. The molecule has 570 valence electrons. The Balaban J connectivity index is 0.00000893. The van der Waals surface area contributed by atoms with E-state index in [-0.39, 0.29) is 161 Å². The summed E-state index contributed by atoms with van der Waals surface area (Å²) in [6.07, 6.45) is 0.00591. The lowest BCUT2D eigenvalue weighted by atomic mass is 10.1. The molecule has 0 radical (unpaired) electrons. The van der Waals surface area contributed by atoms with Crippen molar-refractivity contribution >= 4 is 80.3 Å². The van der Waals surface area contributed by atoms with Gasteiger partial charge in [-0.2, -0.15) is 4.72 Å². The van der Waals surface area contributed by atoms with E-state index in [0.29, 0.717) is 42.1 Å². The lowest BCUT2D eigenvalue weighted by Gasteiger charge is -2.34. The van der Waals surface area contributed by atoms with E-state index < -0.39 is 119 Å². The molecule has 0 aliphatic carbocycles. The van der Waals surface area contributed by atoms with Crippen LogP contribution in [0, 0.1) is 20.8 Å². The summed E-state index contributed by atoms with van der Waals surface area (Å²) in [5, 5.41) is 105. The molecule has 37 nitrogen and oxygen atoms in total. The van der Waals surface area contributed by atoms with E-state index in [0.717, 1.165) is 18.2 Å². The number of amides is 5. The third kappa shape index (κ3) is 31.3. The van der Waals surface area contributed by atoms with Crippen LogP contribution in [0.3, 0.4) is 0 Å². The fourth-order valence-corrected chi connectivity index (χ4v) is 12.5. The highest BCUT2D eigenvalue weighted by Crippen LogP contribution is 2.23. The highest BCUT2D eigenvalue weighted by atomic mass is 32.2. The fraction of sp³-hybridized carbons (Fsp3) is 0.578. The van der Waals surface area contributed by atoms with E-state index in [1.807, 2.05) is 0 Å². The Morgan fingerprint density at radius 1 is 0.676 bits per heavy atom. The summed E-state index contributed by atoms with van der Waals surface area (Å²) in [7, 11) is -3.38. The van der Waals surface area contributed by atoms with E-state index in [1.54, 1.807) is 87.7 Å². The van der Waals surface area contributed by atoms with Gasteiger partial charge in [0.2, 0.25) is 39.1 Å². The maximum absolute atomic E-state index is 13.9. The molecule has 4 atom stereocenters. The molecule has 0 bridgehead atoms. The molecule has 1 aliphatic rings. The summed E-state index contributed by atoms with van der Waals surface area (Å²) < 4.78 is 36.3. The Kier molecular flexibility index (Phi) is 38.9. The molecule has 2 aromatic carbocycles. The number of carboxylic acid groups (broad SMARTS) is 4. The first kappa shape index (κ1) is 87.6. The second-order valence-electron chi connectivity index (χ2n) is 23.8. The maximum atomic E-state index is 13.9. The molecule has 5 amide bonds. The lowest BCUT2D eigenvalue weighted by molar-refractivity contribution is -0.143. The SMILES string of the molecule is C.CO.Cc1cc(C)c(S(=O)(=O)NC(CNC(=O)c2cn(CCCNC(=O)CCC(=O)NCCCOCCCNC(=O)[C@@H](CC(=O)O)NC(=O)C(CC(=O)O)NC(O)CN3CCN(CC(=O)O)CCN(CO)CCN(CC(O)O)CC3)c3cc(CNc4ncc[nH]4)ccc3c2=O)C(=O)O)c(C)c1. The number of pyridine rings is 1. The summed E-state index contributed by atoms with van der Waals surface area (Å²) in [6.45, 7) is 6.07. The van der Waals surface area contributed by atoms with Crippen LogP contribution in [0.1, 0.15) is 85.0 Å². The Hall–Kier alpha value is -8.64. The monoisotopic (exact) mass is 1460 g/mol. The van der Waals surface area contributed by atoms with Crippen molar-refractivity contribution in [3.05, 3.63) is 87.0 Å². The third-order valence-electron chi connectivity index (χ3n) is 15.8. The molecule has 38 heteroatoms. The van der Waals surface area contributed by atoms with Gasteiger partial charge in [0.05, 0.1) is 42.6 Å². The first-order valence-electron chi connectivity index (χ1n) is 32.6. The number of fused-ring (bicyclic) bond motifs is 1. The zero-order chi connectivity index (χ0) is 74.8. The molecule has 3 unspecified atom stereocenters. The second kappa shape index (κ2) is 45.4. The molecule has 2 aromatic heterocycles. The molecule has 0 spiro atoms. The van der Waals surface area contributed by atoms with Gasteiger partial charge in [0, 0.05) is 162 Å². The number of nitrogens with zero attached hydrogens (tertiary/aromatic N) is 6. The van der Waals surface area contributed by atoms with Crippen LogP contribution in [0.25, 0.3) is 10.9 Å². The first-order chi connectivity index (χ1) is 48.0. The standard InChI is InChI=1S/C62H93N15O21S.CH4O.CH4/c1-39-27-40(2)57(41(3)28-39)99(96,97)72-47(61(94)95)33-68-58(91)44-34-77(48-29-42(7-8-43(48)56(44)90)32-69-62-66-14-15-67-62)16-4-11-63-49(79)9-10-50(80)64-12-5-25-98-26-6-13-65-59(92)45(30-52(82)83)71-60(93)46(31-53(84)85)70-51(81)35-73-17-19-74(36-54(86)87)21-23-76(38-78)24-22-75(20-18-73)37-55(88)89;1-2;/h7-8,14-15,27-29,34,45-47,51,54,70,72,78,81,86-87H,4-6,9-13,16-26,30-33,35-38H2,1-3H3,(H,63,79)(H,64,80)(H,65,92)(H,68,91)(H,71,93)(H,82,83)(H,84,85)(H,88,89)(H,94,95)(H2,66,67,69);2H,1H3;1H4/t45-,46?,47?,51?;;/m1../s1. The number of aromatic amines is 1. The van der Waals surface area contributed by atoms with Crippen LogP contribution < -0.4 is 47.4 Å². The number of ether oxygens (including phenoxy) is 1. The number of sulfonamides is 1. The van der Waals surface area contributed by atoms with Gasteiger partial charge in [-0.3, -0.25) is 72.9 Å². The van der Waals surface area contributed by atoms with Crippen molar-refractivity contribution in [2.75, 3.05) is 131 Å². The number of hydrogen-bond donors (Lipinski definition) is 18. The molecule has 0 saturated carbocycles. The second-order valence-corrected chi connectivity index (χ2v) is 25.5. The third-order valence-corrected chi connectivity index (χ3v) is 17.5. The van der Waals surface area contributed by atoms with Gasteiger partial charge in [-0.1, -0.05) is 31.2 Å². The molecule has 1 aliphatic heterocycles. The van der Waals surface area contributed by atoms with Gasteiger partial charge in [0.1, 0.15) is 23.9 Å². The highest BCUT2D eigenvalue weighted by Gasteiger charge is 2.32. The normalized spacial score (nSPS) is 14.8. The number of carboxylic acids is 4. The summed E-state index contributed by atoms with van der Waals surface area (Å²) >= 11 is 0. The molecule has 4 aromatic rings. The van der Waals surface area contributed by atoms with E-state index in [4.69, 9.17) is 9.84 Å². The smallest absolute Gasteiger partial charge is 0.323 e. The quantitative estimate of drug-likeness (QED) is 0.0150. The van der Waals surface area contributed by atoms with Crippen molar-refractivity contribution in [2.24, 2.45) is 0 Å². The summed E-state index contributed by atoms with van der Waals surface area (Å²) in [5.74, 6) is -8.95. The predicted molar refractivity (Wildman–Crippen MR) is 370 cm³/mol. The number of aryl methyl sites for hydroxylation is 4. The number of aliphatic hydroxyl groups is 5. The average Bonchev–Trinajstić information content (AvgIpc) is 0.789. The van der Waals surface area contributed by atoms with E-state index in [9.17, 15) is 97.2 Å². The number of H-pyrrole nitrogens is 1. The van der Waals surface area contributed by atoms with Crippen molar-refractivity contribution in [3.8, 4) is 0 Å². The van der Waals surface area contributed by atoms with Crippen molar-refractivity contribution in [3.63, 3.8) is 0 Å². The van der Waals surface area contributed by atoms with Crippen molar-refractivity contribution in [1.82, 2.24) is 70.8 Å². The molecular formula is C64H101N15O22S. The summed E-state index contributed by atoms with van der Waals surface area (Å²) in [6, 6.07) is 3.09. The van der Waals surface area contributed by atoms with Crippen LogP contribution in [-0.2, 0) is 66.2 Å². The number of rotatable bonds is 41. The van der Waals surface area contributed by atoms with Crippen LogP contribution in [-0.4, -0.2) is 298 Å². The van der Waals surface area contributed by atoms with Crippen LogP contribution in [0.2, 0.25) is 0 Å². The molecule has 5 rings (SSSR count). The molecule has 1 fully saturated rings. The number of nitrogens with one attached hydrogen (secondary N) is 9. The first-order valence-corrected chi connectivity index (χ1v) is 34.1.